The molecule has 0 aliphatic carbocycles. The van der Waals surface area contributed by atoms with Crippen molar-refractivity contribution in [3.8, 4) is 0 Å². The van der Waals surface area contributed by atoms with Crippen molar-refractivity contribution in [2.75, 3.05) is 25.2 Å². The second-order valence-corrected chi connectivity index (χ2v) is 8.64. The minimum atomic E-state index is -0.877. The number of anilines is 1. The van der Waals surface area contributed by atoms with Gasteiger partial charge in [0.2, 0.25) is 11.0 Å². The number of aromatic nitrogens is 2. The number of furan rings is 1. The van der Waals surface area contributed by atoms with E-state index >= 15 is 0 Å². The number of thioether (sulfide) groups is 1. The summed E-state index contributed by atoms with van der Waals surface area (Å²) in [6, 6.07) is 2.87. The van der Waals surface area contributed by atoms with Crippen LogP contribution < -0.4 is 5.32 Å². The van der Waals surface area contributed by atoms with E-state index in [2.05, 4.69) is 25.5 Å². The van der Waals surface area contributed by atoms with E-state index < -0.39 is 17.9 Å². The van der Waals surface area contributed by atoms with Gasteiger partial charge < -0.3 is 4.42 Å². The number of fused-ring (bicyclic) bond motifs is 1. The molecule has 11 nitrogen and oxygen atoms in total. The number of carbonyl (C=O) groups is 3. The van der Waals surface area contributed by atoms with Gasteiger partial charge in [-0.1, -0.05) is 35.0 Å². The maximum Gasteiger partial charge on any atom is 0.445 e. The Labute approximate surface area is 185 Å². The molecule has 2 aliphatic heterocycles. The number of urea groups is 1. The fraction of sp³-hybridized carbons (Fsp3) is 0.333. The summed E-state index contributed by atoms with van der Waals surface area (Å²) in [6.45, 7) is 1.95. The second-order valence-electron chi connectivity index (χ2n) is 6.58. The zero-order valence-electron chi connectivity index (χ0n) is 16.9. The maximum atomic E-state index is 12.8. The summed E-state index contributed by atoms with van der Waals surface area (Å²) < 4.78 is 6.68. The van der Waals surface area contributed by atoms with Crippen molar-refractivity contribution >= 4 is 62.8 Å². The van der Waals surface area contributed by atoms with Gasteiger partial charge in [-0.15, -0.1) is 10.2 Å². The predicted molar refractivity (Wildman–Crippen MR) is 116 cm³/mol. The van der Waals surface area contributed by atoms with Gasteiger partial charge in [-0.2, -0.15) is 9.48 Å². The first-order valence-corrected chi connectivity index (χ1v) is 11.1. The van der Waals surface area contributed by atoms with Gasteiger partial charge in [-0.25, -0.2) is 9.79 Å². The molecule has 1 N–H and O–H groups in total. The number of hydrogen-bond acceptors (Lipinski definition) is 10. The molecular formula is C18H18N7O4S2+. The Morgan fingerprint density at radius 1 is 1.35 bits per heavy atom. The smallest absolute Gasteiger partial charge is 0.445 e. The minimum absolute atomic E-state index is 0.0102. The lowest BCUT2D eigenvalue weighted by molar-refractivity contribution is -0.407. The van der Waals surface area contributed by atoms with Crippen LogP contribution in [0.2, 0.25) is 0 Å². The van der Waals surface area contributed by atoms with Crippen LogP contribution in [0, 0.1) is 5.92 Å². The third kappa shape index (κ3) is 4.05. The number of imide groups is 1. The monoisotopic (exact) mass is 460 g/mol. The number of nitrogens with zero attached hydrogens (tertiary/aromatic N) is 6. The lowest BCUT2D eigenvalue weighted by Crippen LogP contribution is -2.54. The lowest BCUT2D eigenvalue weighted by Gasteiger charge is -2.26. The molecule has 0 saturated heterocycles. The van der Waals surface area contributed by atoms with Gasteiger partial charge in [0.05, 0.1) is 26.1 Å². The van der Waals surface area contributed by atoms with Gasteiger partial charge in [-0.05, 0) is 18.6 Å². The minimum Gasteiger partial charge on any atom is -0.459 e. The highest BCUT2D eigenvalue weighted by Crippen LogP contribution is 2.27. The van der Waals surface area contributed by atoms with Gasteiger partial charge in [0.1, 0.15) is 10.1 Å². The van der Waals surface area contributed by atoms with Crippen LogP contribution in [0.3, 0.4) is 0 Å². The van der Waals surface area contributed by atoms with Crippen LogP contribution in [-0.2, 0) is 16.0 Å². The Bertz CT molecular complexity index is 1150. The fourth-order valence-electron chi connectivity index (χ4n) is 2.95. The Morgan fingerprint density at radius 3 is 2.84 bits per heavy atom. The van der Waals surface area contributed by atoms with E-state index in [0.717, 1.165) is 28.1 Å². The van der Waals surface area contributed by atoms with Crippen molar-refractivity contribution in [2.24, 2.45) is 15.9 Å². The molecule has 13 heteroatoms. The third-order valence-corrected chi connectivity index (χ3v) is 6.56. The van der Waals surface area contributed by atoms with Crippen molar-refractivity contribution in [1.82, 2.24) is 15.1 Å². The van der Waals surface area contributed by atoms with E-state index in [1.54, 1.807) is 12.1 Å². The van der Waals surface area contributed by atoms with E-state index in [4.69, 9.17) is 4.42 Å². The van der Waals surface area contributed by atoms with Crippen LogP contribution in [0.25, 0.3) is 0 Å². The second kappa shape index (κ2) is 8.51. The lowest BCUT2D eigenvalue weighted by atomic mass is 10.0. The number of hydrogen-bond donors (Lipinski definition) is 1. The number of aryl methyl sites for hydroxylation is 1. The van der Waals surface area contributed by atoms with Crippen molar-refractivity contribution in [2.45, 2.75) is 13.3 Å². The van der Waals surface area contributed by atoms with E-state index in [9.17, 15) is 14.4 Å². The van der Waals surface area contributed by atoms with Crippen LogP contribution in [0.15, 0.2) is 32.8 Å². The highest BCUT2D eigenvalue weighted by molar-refractivity contribution is 8.14. The normalized spacial score (nSPS) is 18.7. The molecule has 0 radical (unpaired) electrons. The maximum absolute atomic E-state index is 12.8. The van der Waals surface area contributed by atoms with Crippen LogP contribution in [0.1, 0.15) is 17.7 Å². The van der Waals surface area contributed by atoms with Crippen molar-refractivity contribution in [3.05, 3.63) is 29.2 Å². The molecule has 0 bridgehead atoms. The summed E-state index contributed by atoms with van der Waals surface area (Å²) in [5.74, 6) is -0.787. The van der Waals surface area contributed by atoms with Crippen molar-refractivity contribution in [1.29, 1.82) is 0 Å². The molecule has 0 aromatic carbocycles. The predicted octanol–water partition coefficient (Wildman–Crippen LogP) is 1.47. The van der Waals surface area contributed by atoms with E-state index in [1.165, 1.54) is 36.3 Å². The van der Waals surface area contributed by atoms with Crippen LogP contribution in [0.4, 0.5) is 9.93 Å². The molecule has 1 atom stereocenters. The zero-order valence-corrected chi connectivity index (χ0v) is 18.5. The quantitative estimate of drug-likeness (QED) is 0.668. The number of rotatable bonds is 5. The SMILES string of the molecule is CCc1nnc(NC(=O)CSC2=NC(c3ccco3)=NC3=[N+](C)C(=O)N(C)C(=O)C23)s1. The molecule has 1 unspecified atom stereocenters. The Morgan fingerprint density at radius 2 is 2.16 bits per heavy atom. The molecule has 160 valence electrons. The number of nitrogens with one attached hydrogen (secondary N) is 1. The molecule has 4 amide bonds. The van der Waals surface area contributed by atoms with Gasteiger partial charge in [-0.3, -0.25) is 14.9 Å². The third-order valence-electron chi connectivity index (χ3n) is 4.55. The van der Waals surface area contributed by atoms with E-state index in [0.29, 0.717) is 15.9 Å². The van der Waals surface area contributed by atoms with Crippen LogP contribution >= 0.6 is 23.1 Å². The number of amides is 4. The summed E-state index contributed by atoms with van der Waals surface area (Å²) in [5, 5.41) is 12.2. The standard InChI is InChI=1S/C18H17N7O4S2/c1-4-11-22-23-17(31-11)19-10(26)8-30-15-12-14(24(2)18(28)25(3)16(12)27)20-13(21-15)9-6-5-7-29-9/h5-7,12H,4,8H2,1-3H3/p+1. The highest BCUT2D eigenvalue weighted by atomic mass is 32.2. The fourth-order valence-corrected chi connectivity index (χ4v) is 4.52. The van der Waals surface area contributed by atoms with E-state index in [-0.39, 0.29) is 23.3 Å². The molecule has 0 spiro atoms. The molecule has 2 aliphatic rings. The molecule has 0 fully saturated rings. The largest absolute Gasteiger partial charge is 0.459 e. The number of aliphatic imine (C=N–C) groups is 2. The first-order valence-electron chi connectivity index (χ1n) is 9.27. The molecule has 4 rings (SSSR count). The summed E-state index contributed by atoms with van der Waals surface area (Å²) in [5.41, 5.74) is 0. The van der Waals surface area contributed by atoms with E-state index in [1.807, 2.05) is 6.92 Å². The molecule has 4 heterocycles. The first kappa shape index (κ1) is 21.1. The van der Waals surface area contributed by atoms with Gasteiger partial charge in [0.15, 0.2) is 11.7 Å². The van der Waals surface area contributed by atoms with Crippen molar-refractivity contribution in [3.63, 3.8) is 0 Å². The molecule has 2 aromatic heterocycles. The van der Waals surface area contributed by atoms with Crippen LogP contribution in [0.5, 0.6) is 0 Å². The number of amidine groups is 2. The molecule has 31 heavy (non-hydrogen) atoms. The first-order chi connectivity index (χ1) is 14.9. The average molecular weight is 461 g/mol. The molecular weight excluding hydrogens is 442 g/mol. The summed E-state index contributed by atoms with van der Waals surface area (Å²) in [6.07, 6.45) is 2.21. The number of carbonyl (C=O) groups excluding carboxylic acids is 3. The summed E-state index contributed by atoms with van der Waals surface area (Å²) in [4.78, 5) is 47.5. The van der Waals surface area contributed by atoms with Crippen LogP contribution in [-0.4, -0.2) is 74.1 Å². The zero-order chi connectivity index (χ0) is 22.1. The Kier molecular flexibility index (Phi) is 5.78. The van der Waals surface area contributed by atoms with Gasteiger partial charge >= 0.3 is 11.9 Å². The summed E-state index contributed by atoms with van der Waals surface area (Å²) in [7, 11) is 2.94. The molecule has 2 aromatic rings. The Hall–Kier alpha value is -3.19. The van der Waals surface area contributed by atoms with Crippen molar-refractivity contribution < 1.29 is 23.4 Å². The summed E-state index contributed by atoms with van der Waals surface area (Å²) >= 11 is 2.41. The van der Waals surface area contributed by atoms with Gasteiger partial charge in [0, 0.05) is 0 Å². The topological polar surface area (TPSA) is 133 Å². The van der Waals surface area contributed by atoms with Gasteiger partial charge in [0.25, 0.3) is 11.7 Å². The Balaban J connectivity index is 1.60. The molecule has 0 saturated carbocycles. The average Bonchev–Trinajstić information content (AvgIpc) is 3.46. The highest BCUT2D eigenvalue weighted by Gasteiger charge is 2.49.